The number of benzene rings is 2. The number of morpholine rings is 1. The molecule has 172 valence electrons. The SMILES string of the molecule is C=C1C=CC(n2ccc3c(-c4ccc(C)cc4)cccc3c2=O)=CC=C1N1C[C@@H](C)O[C@@H](C)C1. The first-order valence-corrected chi connectivity index (χ1v) is 11.8. The topological polar surface area (TPSA) is 34.5 Å². The number of pyridine rings is 1. The third-order valence-corrected chi connectivity index (χ3v) is 6.54. The maximum atomic E-state index is 13.5. The van der Waals surface area contributed by atoms with Gasteiger partial charge in [-0.05, 0) is 73.2 Å². The van der Waals surface area contributed by atoms with E-state index in [4.69, 9.17) is 4.74 Å². The van der Waals surface area contributed by atoms with Gasteiger partial charge in [-0.3, -0.25) is 9.36 Å². The highest BCUT2D eigenvalue weighted by molar-refractivity contribution is 5.96. The average molecular weight is 451 g/mol. The van der Waals surface area contributed by atoms with Crippen molar-refractivity contribution in [3.63, 3.8) is 0 Å². The number of aryl methyl sites for hydroxylation is 1. The molecule has 0 spiro atoms. The van der Waals surface area contributed by atoms with Crippen molar-refractivity contribution in [3.05, 3.63) is 113 Å². The highest BCUT2D eigenvalue weighted by Gasteiger charge is 2.24. The molecule has 1 aliphatic heterocycles. The predicted molar refractivity (Wildman–Crippen MR) is 141 cm³/mol. The van der Waals surface area contributed by atoms with Crippen LogP contribution in [-0.4, -0.2) is 34.8 Å². The second-order valence-corrected chi connectivity index (χ2v) is 9.29. The van der Waals surface area contributed by atoms with E-state index >= 15 is 0 Å². The second kappa shape index (κ2) is 8.96. The Hall–Kier alpha value is -3.63. The lowest BCUT2D eigenvalue weighted by atomic mass is 9.98. The summed E-state index contributed by atoms with van der Waals surface area (Å²) in [6.45, 7) is 12.2. The van der Waals surface area contributed by atoms with Gasteiger partial charge < -0.3 is 9.64 Å². The minimum absolute atomic E-state index is 0.0292. The number of aromatic nitrogens is 1. The van der Waals surface area contributed by atoms with Gasteiger partial charge in [-0.25, -0.2) is 0 Å². The summed E-state index contributed by atoms with van der Waals surface area (Å²) in [5, 5.41) is 1.67. The molecule has 0 amide bonds. The molecule has 2 heterocycles. The Morgan fingerprint density at radius 1 is 0.912 bits per heavy atom. The molecular weight excluding hydrogens is 420 g/mol. The van der Waals surface area contributed by atoms with E-state index in [1.165, 1.54) is 5.56 Å². The van der Waals surface area contributed by atoms with Crippen molar-refractivity contribution < 1.29 is 4.74 Å². The van der Waals surface area contributed by atoms with Gasteiger partial charge in [-0.1, -0.05) is 54.6 Å². The third kappa shape index (κ3) is 4.17. The Labute approximate surface area is 200 Å². The summed E-state index contributed by atoms with van der Waals surface area (Å²) in [6.07, 6.45) is 10.2. The smallest absolute Gasteiger partial charge is 0.262 e. The summed E-state index contributed by atoms with van der Waals surface area (Å²) in [5.74, 6) is 0. The van der Waals surface area contributed by atoms with Crippen LogP contribution in [0, 0.1) is 6.92 Å². The molecule has 0 saturated carbocycles. The van der Waals surface area contributed by atoms with Crippen molar-refractivity contribution in [2.75, 3.05) is 13.1 Å². The van der Waals surface area contributed by atoms with Gasteiger partial charge in [0.1, 0.15) is 0 Å². The van der Waals surface area contributed by atoms with Gasteiger partial charge >= 0.3 is 0 Å². The van der Waals surface area contributed by atoms with E-state index in [1.807, 2.05) is 42.6 Å². The lowest BCUT2D eigenvalue weighted by Gasteiger charge is -2.38. The maximum Gasteiger partial charge on any atom is 0.262 e. The van der Waals surface area contributed by atoms with Gasteiger partial charge in [0.15, 0.2) is 0 Å². The molecule has 1 saturated heterocycles. The van der Waals surface area contributed by atoms with Crippen LogP contribution in [0.1, 0.15) is 19.4 Å². The number of ether oxygens (including phenoxy) is 1. The van der Waals surface area contributed by atoms with Crippen LogP contribution >= 0.6 is 0 Å². The van der Waals surface area contributed by atoms with Crippen LogP contribution in [0.3, 0.4) is 0 Å². The van der Waals surface area contributed by atoms with E-state index in [0.29, 0.717) is 5.39 Å². The molecule has 1 fully saturated rings. The molecule has 2 aliphatic rings. The van der Waals surface area contributed by atoms with Crippen LogP contribution in [0.25, 0.3) is 27.6 Å². The Bertz CT molecular complexity index is 1400. The summed E-state index contributed by atoms with van der Waals surface area (Å²) in [6, 6.07) is 16.4. The normalized spacial score (nSPS) is 20.8. The van der Waals surface area contributed by atoms with Gasteiger partial charge in [0, 0.05) is 36.1 Å². The summed E-state index contributed by atoms with van der Waals surface area (Å²) < 4.78 is 7.61. The lowest BCUT2D eigenvalue weighted by Crippen LogP contribution is -2.44. The van der Waals surface area contributed by atoms with Crippen LogP contribution in [0.4, 0.5) is 0 Å². The largest absolute Gasteiger partial charge is 0.372 e. The van der Waals surface area contributed by atoms with Gasteiger partial charge in [0.25, 0.3) is 5.56 Å². The van der Waals surface area contributed by atoms with Gasteiger partial charge in [-0.15, -0.1) is 0 Å². The van der Waals surface area contributed by atoms with Crippen LogP contribution in [0.2, 0.25) is 0 Å². The molecule has 4 heteroatoms. The van der Waals surface area contributed by atoms with Crippen LogP contribution in [0.15, 0.2) is 102 Å². The van der Waals surface area contributed by atoms with Crippen molar-refractivity contribution in [2.24, 2.45) is 0 Å². The standard InChI is InChI=1S/C30H30N2O2/c1-20-8-11-24(12-9-20)26-6-5-7-28-27(26)16-17-32(30(28)33)25-13-10-21(2)29(15-14-25)31-18-22(3)34-23(4)19-31/h5-17,22-23H,2,18-19H2,1,3-4H3/t22-,23+. The van der Waals surface area contributed by atoms with Crippen molar-refractivity contribution in [3.8, 4) is 11.1 Å². The molecule has 3 aromatic rings. The first-order valence-electron chi connectivity index (χ1n) is 11.8. The first-order chi connectivity index (χ1) is 16.4. The second-order valence-electron chi connectivity index (χ2n) is 9.29. The van der Waals surface area contributed by atoms with Gasteiger partial charge in [0.05, 0.1) is 12.2 Å². The third-order valence-electron chi connectivity index (χ3n) is 6.54. The summed E-state index contributed by atoms with van der Waals surface area (Å²) >= 11 is 0. The molecule has 0 N–H and O–H groups in total. The molecule has 5 rings (SSSR count). The van der Waals surface area contributed by atoms with Crippen molar-refractivity contribution in [2.45, 2.75) is 33.0 Å². The van der Waals surface area contributed by atoms with Gasteiger partial charge in [-0.2, -0.15) is 0 Å². The Morgan fingerprint density at radius 3 is 2.38 bits per heavy atom. The molecule has 2 atom stereocenters. The van der Waals surface area contributed by atoms with E-state index in [-0.39, 0.29) is 17.8 Å². The van der Waals surface area contributed by atoms with Crippen molar-refractivity contribution >= 4 is 16.5 Å². The number of nitrogens with zero attached hydrogens (tertiary/aromatic N) is 2. The molecule has 0 bridgehead atoms. The van der Waals surface area contributed by atoms with Crippen molar-refractivity contribution in [1.29, 1.82) is 0 Å². The Kier molecular flexibility index (Phi) is 5.84. The number of hydrogen-bond acceptors (Lipinski definition) is 3. The van der Waals surface area contributed by atoms with Crippen molar-refractivity contribution in [1.82, 2.24) is 9.47 Å². The lowest BCUT2D eigenvalue weighted by molar-refractivity contribution is -0.0569. The predicted octanol–water partition coefficient (Wildman–Crippen LogP) is 5.94. The maximum absolute atomic E-state index is 13.5. The average Bonchev–Trinajstić information content (AvgIpc) is 3.01. The first kappa shape index (κ1) is 22.2. The van der Waals surface area contributed by atoms with Gasteiger partial charge in [0.2, 0.25) is 0 Å². The van der Waals surface area contributed by atoms with E-state index in [1.54, 1.807) is 4.57 Å². The zero-order valence-corrected chi connectivity index (χ0v) is 20.0. The molecule has 34 heavy (non-hydrogen) atoms. The zero-order chi connectivity index (χ0) is 23.8. The number of rotatable bonds is 3. The van der Waals surface area contributed by atoms with E-state index in [0.717, 1.165) is 46.6 Å². The number of allylic oxidation sites excluding steroid dienone is 5. The number of hydrogen-bond donors (Lipinski definition) is 0. The molecule has 0 unspecified atom stereocenters. The molecule has 0 radical (unpaired) electrons. The Balaban J connectivity index is 1.55. The minimum atomic E-state index is -0.0292. The fraction of sp³-hybridized carbons (Fsp3) is 0.233. The Morgan fingerprint density at radius 2 is 1.65 bits per heavy atom. The zero-order valence-electron chi connectivity index (χ0n) is 20.0. The quantitative estimate of drug-likeness (QED) is 0.496. The van der Waals surface area contributed by atoms with E-state index in [2.05, 4.69) is 68.7 Å². The fourth-order valence-electron chi connectivity index (χ4n) is 4.91. The summed E-state index contributed by atoms with van der Waals surface area (Å²) in [5.41, 5.74) is 6.19. The highest BCUT2D eigenvalue weighted by atomic mass is 16.5. The van der Waals surface area contributed by atoms with Crippen LogP contribution in [-0.2, 0) is 4.74 Å². The molecule has 1 aromatic heterocycles. The van der Waals surface area contributed by atoms with E-state index in [9.17, 15) is 4.79 Å². The monoisotopic (exact) mass is 450 g/mol. The molecule has 1 aliphatic carbocycles. The van der Waals surface area contributed by atoms with Crippen LogP contribution < -0.4 is 5.56 Å². The summed E-state index contributed by atoms with van der Waals surface area (Å²) in [4.78, 5) is 15.9. The fourth-order valence-corrected chi connectivity index (χ4v) is 4.91. The number of fused-ring (bicyclic) bond motifs is 1. The molecular formula is C30H30N2O2. The van der Waals surface area contributed by atoms with E-state index < -0.39 is 0 Å². The minimum Gasteiger partial charge on any atom is -0.372 e. The van der Waals surface area contributed by atoms with Crippen LogP contribution in [0.5, 0.6) is 0 Å². The molecule has 4 nitrogen and oxygen atoms in total. The summed E-state index contributed by atoms with van der Waals surface area (Å²) in [7, 11) is 0. The molecule has 2 aromatic carbocycles. The highest BCUT2D eigenvalue weighted by Crippen LogP contribution is 2.29.